The first-order chi connectivity index (χ1) is 19.0. The highest BCUT2D eigenvalue weighted by molar-refractivity contribution is 7.46. The minimum absolute atomic E-state index is 0.00172. The average molecular weight is 614 g/mol. The first-order valence-corrected chi connectivity index (χ1v) is 13.2. The molecule has 3 aromatic rings. The fraction of sp³-hybridized carbons (Fsp3) is 0.391. The van der Waals surface area contributed by atoms with Gasteiger partial charge >= 0.3 is 26.2 Å². The molecule has 0 amide bonds. The third kappa shape index (κ3) is 8.02. The van der Waals surface area contributed by atoms with Gasteiger partial charge in [0, 0.05) is 6.54 Å². The fourth-order valence-electron chi connectivity index (χ4n) is 4.19. The molecule has 0 spiro atoms. The van der Waals surface area contributed by atoms with E-state index in [1.807, 2.05) is 0 Å². The lowest BCUT2D eigenvalue weighted by molar-refractivity contribution is -0.231. The van der Waals surface area contributed by atoms with E-state index in [1.54, 1.807) is 4.90 Å². The van der Waals surface area contributed by atoms with Crippen molar-refractivity contribution in [3.05, 3.63) is 76.4 Å². The van der Waals surface area contributed by atoms with Crippen LogP contribution in [-0.4, -0.2) is 49.3 Å². The summed E-state index contributed by atoms with van der Waals surface area (Å²) in [4.78, 5) is 23.4. The summed E-state index contributed by atoms with van der Waals surface area (Å²) in [5.74, 6) is -0.554. The molecule has 10 nitrogen and oxygen atoms in total. The fourth-order valence-corrected chi connectivity index (χ4v) is 4.49. The van der Waals surface area contributed by atoms with Gasteiger partial charge in [0.15, 0.2) is 12.1 Å². The van der Waals surface area contributed by atoms with Gasteiger partial charge in [-0.05, 0) is 48.4 Å². The number of hydrogen-bond acceptors (Lipinski definition) is 7. The van der Waals surface area contributed by atoms with Crippen LogP contribution in [0.3, 0.4) is 0 Å². The average Bonchev–Trinajstić information content (AvgIpc) is 3.28. The number of aromatic nitrogens is 3. The van der Waals surface area contributed by atoms with Gasteiger partial charge in [0.05, 0.1) is 36.4 Å². The minimum Gasteiger partial charge on any atom is -0.369 e. The molecule has 2 aromatic carbocycles. The number of phosphoric acid groups is 1. The highest BCUT2D eigenvalue weighted by Gasteiger charge is 2.39. The molecule has 41 heavy (non-hydrogen) atoms. The maximum Gasteiger partial charge on any atom is 0.527 e. The van der Waals surface area contributed by atoms with Gasteiger partial charge in [0.25, 0.3) is 0 Å². The lowest BCUT2D eigenvalue weighted by Crippen LogP contribution is -2.46. The molecule has 0 unspecified atom stereocenters. The van der Waals surface area contributed by atoms with Crippen LogP contribution in [0.25, 0.3) is 0 Å². The zero-order valence-electron chi connectivity index (χ0n) is 20.9. The number of morpholine rings is 1. The van der Waals surface area contributed by atoms with E-state index in [1.165, 1.54) is 19.1 Å². The van der Waals surface area contributed by atoms with E-state index in [4.69, 9.17) is 19.3 Å². The normalized spacial score (nSPS) is 19.8. The van der Waals surface area contributed by atoms with Crippen LogP contribution >= 0.6 is 7.82 Å². The van der Waals surface area contributed by atoms with Crippen molar-refractivity contribution in [1.82, 2.24) is 20.1 Å². The maximum absolute atomic E-state index is 13.7. The summed E-state index contributed by atoms with van der Waals surface area (Å²) in [5, 5.41) is 6.05. The van der Waals surface area contributed by atoms with Crippen LogP contribution in [-0.2, 0) is 32.9 Å². The van der Waals surface area contributed by atoms with Crippen molar-refractivity contribution in [3.63, 3.8) is 0 Å². The number of nitrogens with one attached hydrogen (secondary N) is 1. The molecule has 18 heteroatoms. The van der Waals surface area contributed by atoms with Gasteiger partial charge in [-0.15, -0.1) is 0 Å². The SMILES string of the molecule is C[C@@H](O[C@H]1OCCN(Cc2n[nH]c(OP(=O)(O)O)n2)[C@H]1c1ccc(F)cc1)c1cc(C(F)(F)F)cc(C(F)(F)F)c1. The number of phosphoric ester groups is 1. The van der Waals surface area contributed by atoms with Crippen molar-refractivity contribution in [2.45, 2.75) is 44.3 Å². The summed E-state index contributed by atoms with van der Waals surface area (Å²) in [5.41, 5.74) is -2.99. The molecule has 0 aliphatic carbocycles. The van der Waals surface area contributed by atoms with Gasteiger partial charge in [-0.25, -0.2) is 14.1 Å². The molecule has 2 heterocycles. The Hall–Kier alpha value is -3.08. The van der Waals surface area contributed by atoms with E-state index in [0.29, 0.717) is 17.7 Å². The zero-order valence-corrected chi connectivity index (χ0v) is 21.8. The van der Waals surface area contributed by atoms with Crippen molar-refractivity contribution in [1.29, 1.82) is 0 Å². The number of ether oxygens (including phenoxy) is 2. The highest BCUT2D eigenvalue weighted by atomic mass is 31.2. The second-order valence-electron chi connectivity index (χ2n) is 8.96. The third-order valence-corrected chi connectivity index (χ3v) is 6.41. The first kappa shape index (κ1) is 30.9. The molecule has 1 aliphatic heterocycles. The van der Waals surface area contributed by atoms with Gasteiger partial charge in [0.2, 0.25) is 0 Å². The number of nitrogens with zero attached hydrogens (tertiary/aromatic N) is 3. The molecule has 224 valence electrons. The van der Waals surface area contributed by atoms with Crippen LogP contribution in [0.15, 0.2) is 42.5 Å². The Morgan fingerprint density at radius 2 is 1.71 bits per heavy atom. The molecule has 1 aliphatic rings. The Morgan fingerprint density at radius 3 is 2.27 bits per heavy atom. The molecule has 1 saturated heterocycles. The maximum atomic E-state index is 13.7. The smallest absolute Gasteiger partial charge is 0.369 e. The monoisotopic (exact) mass is 614 g/mol. The Labute approximate surface area is 227 Å². The molecule has 1 fully saturated rings. The highest BCUT2D eigenvalue weighted by Crippen LogP contribution is 2.40. The topological polar surface area (TPSA) is 130 Å². The summed E-state index contributed by atoms with van der Waals surface area (Å²) in [7, 11) is -4.93. The predicted molar refractivity (Wildman–Crippen MR) is 124 cm³/mol. The van der Waals surface area contributed by atoms with Crippen molar-refractivity contribution >= 4 is 7.82 Å². The van der Waals surface area contributed by atoms with Crippen LogP contribution in [0.2, 0.25) is 0 Å². The number of hydrogen-bond donors (Lipinski definition) is 3. The van der Waals surface area contributed by atoms with Crippen LogP contribution in [0.4, 0.5) is 30.7 Å². The number of rotatable bonds is 8. The molecule has 3 atom stereocenters. The molecular formula is C23H22F7N4O6P. The van der Waals surface area contributed by atoms with Gasteiger partial charge < -0.3 is 14.0 Å². The molecule has 0 bridgehead atoms. The lowest BCUT2D eigenvalue weighted by atomic mass is 10.0. The summed E-state index contributed by atoms with van der Waals surface area (Å²) >= 11 is 0. The van der Waals surface area contributed by atoms with E-state index < -0.39 is 67.1 Å². The molecule has 3 N–H and O–H groups in total. The van der Waals surface area contributed by atoms with E-state index in [9.17, 15) is 35.3 Å². The summed E-state index contributed by atoms with van der Waals surface area (Å²) < 4.78 is 121. The van der Waals surface area contributed by atoms with Gasteiger partial charge in [0.1, 0.15) is 5.82 Å². The van der Waals surface area contributed by atoms with E-state index >= 15 is 0 Å². The molecule has 0 radical (unpaired) electrons. The van der Waals surface area contributed by atoms with Crippen LogP contribution < -0.4 is 4.52 Å². The zero-order chi connectivity index (χ0) is 30.2. The van der Waals surface area contributed by atoms with Gasteiger partial charge in [-0.3, -0.25) is 14.7 Å². The number of aromatic amines is 1. The van der Waals surface area contributed by atoms with Gasteiger partial charge in [-0.2, -0.15) is 36.4 Å². The quantitative estimate of drug-likeness (QED) is 0.234. The summed E-state index contributed by atoms with van der Waals surface area (Å²) in [6.45, 7) is 1.37. The largest absolute Gasteiger partial charge is 0.527 e. The standard InChI is InChI=1S/C23H22F7N4O6P/c1-12(14-8-15(22(25,26)27)10-16(9-14)23(28,29)30)39-20-19(13-2-4-17(24)5-3-13)34(6-7-38-20)11-18-31-21(33-32-18)40-41(35,36)37/h2-5,8-10,12,19-20H,6-7,11H2,1H3,(H,31,32,33)(H2,35,36,37)/t12-,19+,20-/m1/s1. The molecule has 4 rings (SSSR count). The lowest BCUT2D eigenvalue weighted by Gasteiger charge is -2.41. The Kier molecular flexibility index (Phi) is 8.78. The number of benzene rings is 2. The van der Waals surface area contributed by atoms with Crippen molar-refractivity contribution in [3.8, 4) is 6.01 Å². The third-order valence-electron chi connectivity index (χ3n) is 6.00. The Bertz CT molecular complexity index is 1360. The summed E-state index contributed by atoms with van der Waals surface area (Å²) in [6, 6.07) is 4.76. The van der Waals surface area contributed by atoms with Crippen LogP contribution in [0, 0.1) is 5.82 Å². The minimum atomic E-state index is -5.05. The van der Waals surface area contributed by atoms with Crippen LogP contribution in [0.1, 0.15) is 47.1 Å². The second kappa shape index (κ2) is 11.7. The van der Waals surface area contributed by atoms with Crippen molar-refractivity contribution in [2.24, 2.45) is 0 Å². The molecule has 1 aromatic heterocycles. The second-order valence-corrected chi connectivity index (χ2v) is 10.1. The van der Waals surface area contributed by atoms with Crippen LogP contribution in [0.5, 0.6) is 6.01 Å². The Morgan fingerprint density at radius 1 is 1.10 bits per heavy atom. The summed E-state index contributed by atoms with van der Waals surface area (Å²) in [6.07, 6.45) is -12.7. The van der Waals surface area contributed by atoms with E-state index in [2.05, 4.69) is 19.7 Å². The number of halogens is 7. The number of alkyl halides is 6. The predicted octanol–water partition coefficient (Wildman–Crippen LogP) is 5.13. The van der Waals surface area contributed by atoms with Gasteiger partial charge in [-0.1, -0.05) is 12.1 Å². The first-order valence-electron chi connectivity index (χ1n) is 11.7. The molecular weight excluding hydrogens is 592 g/mol. The molecule has 0 saturated carbocycles. The van der Waals surface area contributed by atoms with E-state index in [-0.39, 0.29) is 31.6 Å². The van der Waals surface area contributed by atoms with E-state index in [0.717, 1.165) is 12.1 Å². The van der Waals surface area contributed by atoms with Crippen molar-refractivity contribution in [2.75, 3.05) is 13.2 Å². The number of H-pyrrole nitrogens is 1. The van der Waals surface area contributed by atoms with Crippen molar-refractivity contribution < 1.29 is 59.1 Å². The Balaban J connectivity index is 1.64.